The molecule has 1 unspecified atom stereocenters. The van der Waals surface area contributed by atoms with Gasteiger partial charge in [-0.15, -0.1) is 5.10 Å². The molecule has 0 spiro atoms. The third-order valence-electron chi connectivity index (χ3n) is 1.48. The third kappa shape index (κ3) is 3.40. The highest BCUT2D eigenvalue weighted by Gasteiger charge is 2.10. The van der Waals surface area contributed by atoms with E-state index >= 15 is 0 Å². The zero-order valence-electron chi connectivity index (χ0n) is 7.61. The van der Waals surface area contributed by atoms with Crippen molar-refractivity contribution < 1.29 is 14.3 Å². The lowest BCUT2D eigenvalue weighted by atomic mass is 10.2. The molecule has 1 amide bonds. The molecule has 0 aliphatic carbocycles. The number of amides is 1. The Labute approximate surface area is 79.1 Å². The molecule has 78 valence electrons. The Morgan fingerprint density at radius 3 is 3.00 bits per heavy atom. The van der Waals surface area contributed by atoms with Crippen molar-refractivity contribution in [2.24, 2.45) is 0 Å². The van der Waals surface area contributed by atoms with Gasteiger partial charge in [0.15, 0.2) is 0 Å². The standard InChI is InChI=1S/C7H11N3O4/c1-4(11)8-3-5(12)2-6-9-10-7(13)14-6/h5,12H,2-3H2,1H3,(H,8,11)(H,10,13). The molecule has 7 nitrogen and oxygen atoms in total. The summed E-state index contributed by atoms with van der Waals surface area (Å²) in [4.78, 5) is 21.0. The Hall–Kier alpha value is -1.63. The van der Waals surface area contributed by atoms with Gasteiger partial charge in [-0.05, 0) is 0 Å². The Balaban J connectivity index is 2.37. The average molecular weight is 201 g/mol. The van der Waals surface area contributed by atoms with Gasteiger partial charge in [-0.2, -0.15) is 0 Å². The van der Waals surface area contributed by atoms with E-state index < -0.39 is 11.9 Å². The fourth-order valence-corrected chi connectivity index (χ4v) is 0.883. The van der Waals surface area contributed by atoms with Crippen molar-refractivity contribution in [2.45, 2.75) is 19.4 Å². The van der Waals surface area contributed by atoms with Gasteiger partial charge in [0, 0.05) is 13.5 Å². The highest BCUT2D eigenvalue weighted by molar-refractivity contribution is 5.72. The minimum atomic E-state index is -0.814. The number of H-pyrrole nitrogens is 1. The van der Waals surface area contributed by atoms with Crippen LogP contribution in [0.5, 0.6) is 0 Å². The number of aliphatic hydroxyl groups excluding tert-OH is 1. The lowest BCUT2D eigenvalue weighted by molar-refractivity contribution is -0.119. The largest absolute Gasteiger partial charge is 0.434 e. The molecule has 0 radical (unpaired) electrons. The Bertz CT molecular complexity index is 356. The number of hydrogen-bond acceptors (Lipinski definition) is 5. The van der Waals surface area contributed by atoms with Gasteiger partial charge in [-0.25, -0.2) is 9.89 Å². The molecule has 0 bridgehead atoms. The van der Waals surface area contributed by atoms with Crippen LogP contribution in [0, 0.1) is 0 Å². The van der Waals surface area contributed by atoms with Crippen molar-refractivity contribution in [3.63, 3.8) is 0 Å². The van der Waals surface area contributed by atoms with Gasteiger partial charge in [-0.1, -0.05) is 0 Å². The fourth-order valence-electron chi connectivity index (χ4n) is 0.883. The average Bonchev–Trinajstić information content (AvgIpc) is 2.48. The first-order valence-electron chi connectivity index (χ1n) is 4.05. The minimum Gasteiger partial charge on any atom is -0.392 e. The van der Waals surface area contributed by atoms with E-state index in [1.54, 1.807) is 0 Å². The molecule has 1 aromatic rings. The van der Waals surface area contributed by atoms with Crippen molar-refractivity contribution in [2.75, 3.05) is 6.54 Å². The second-order valence-electron chi connectivity index (χ2n) is 2.80. The number of carbonyl (C=O) groups excluding carboxylic acids is 1. The van der Waals surface area contributed by atoms with Crippen LogP contribution in [-0.4, -0.2) is 33.9 Å². The van der Waals surface area contributed by atoms with Gasteiger partial charge in [0.1, 0.15) is 0 Å². The van der Waals surface area contributed by atoms with Crippen molar-refractivity contribution in [1.82, 2.24) is 15.5 Å². The lowest BCUT2D eigenvalue weighted by Crippen LogP contribution is -2.31. The normalized spacial score (nSPS) is 12.4. The van der Waals surface area contributed by atoms with Gasteiger partial charge in [0.25, 0.3) is 0 Å². The monoisotopic (exact) mass is 201 g/mol. The number of aromatic nitrogens is 2. The molecular formula is C7H11N3O4. The Morgan fingerprint density at radius 1 is 1.79 bits per heavy atom. The first-order chi connectivity index (χ1) is 6.58. The van der Waals surface area contributed by atoms with E-state index in [-0.39, 0.29) is 24.8 Å². The van der Waals surface area contributed by atoms with Crippen molar-refractivity contribution in [3.05, 3.63) is 16.4 Å². The van der Waals surface area contributed by atoms with Crippen LogP contribution in [0.1, 0.15) is 12.8 Å². The molecule has 0 saturated carbocycles. The predicted octanol–water partition coefficient (Wildman–Crippen LogP) is -1.60. The van der Waals surface area contributed by atoms with E-state index in [1.807, 2.05) is 0 Å². The number of hydrogen-bond donors (Lipinski definition) is 3. The summed E-state index contributed by atoms with van der Waals surface area (Å²) >= 11 is 0. The van der Waals surface area contributed by atoms with E-state index in [0.29, 0.717) is 0 Å². The molecule has 3 N–H and O–H groups in total. The van der Waals surface area contributed by atoms with Crippen LogP contribution in [0.4, 0.5) is 0 Å². The van der Waals surface area contributed by atoms with Crippen molar-refractivity contribution >= 4 is 5.91 Å². The van der Waals surface area contributed by atoms with Crippen LogP contribution >= 0.6 is 0 Å². The molecule has 1 heterocycles. The van der Waals surface area contributed by atoms with Crippen molar-refractivity contribution in [1.29, 1.82) is 0 Å². The van der Waals surface area contributed by atoms with E-state index in [9.17, 15) is 14.7 Å². The molecule has 1 aromatic heterocycles. The molecule has 7 heteroatoms. The highest BCUT2D eigenvalue weighted by atomic mass is 16.4. The number of nitrogens with zero attached hydrogens (tertiary/aromatic N) is 1. The van der Waals surface area contributed by atoms with E-state index in [1.165, 1.54) is 6.92 Å². The molecule has 0 fully saturated rings. The van der Waals surface area contributed by atoms with Crippen molar-refractivity contribution in [3.8, 4) is 0 Å². The molecule has 1 rings (SSSR count). The van der Waals surface area contributed by atoms with Crippen LogP contribution in [0.15, 0.2) is 9.21 Å². The van der Waals surface area contributed by atoms with Crippen LogP contribution in [0.3, 0.4) is 0 Å². The molecule has 14 heavy (non-hydrogen) atoms. The summed E-state index contributed by atoms with van der Waals surface area (Å²) in [5.74, 6) is -0.771. The summed E-state index contributed by atoms with van der Waals surface area (Å²) in [7, 11) is 0. The fraction of sp³-hybridized carbons (Fsp3) is 0.571. The smallest absolute Gasteiger partial charge is 0.392 e. The quantitative estimate of drug-likeness (QED) is 0.543. The molecular weight excluding hydrogens is 190 g/mol. The maximum absolute atomic E-state index is 10.5. The van der Waals surface area contributed by atoms with E-state index in [2.05, 4.69) is 19.9 Å². The van der Waals surface area contributed by atoms with Gasteiger partial charge in [-0.3, -0.25) is 4.79 Å². The Kier molecular flexibility index (Phi) is 3.41. The zero-order chi connectivity index (χ0) is 10.6. The molecule has 0 aromatic carbocycles. The number of rotatable bonds is 4. The highest BCUT2D eigenvalue weighted by Crippen LogP contribution is 1.94. The minimum absolute atomic E-state index is 0.0824. The van der Waals surface area contributed by atoms with Crippen LogP contribution in [0.25, 0.3) is 0 Å². The molecule has 0 saturated heterocycles. The van der Waals surface area contributed by atoms with Crippen LogP contribution in [0.2, 0.25) is 0 Å². The number of nitrogens with one attached hydrogen (secondary N) is 2. The van der Waals surface area contributed by atoms with E-state index in [0.717, 1.165) is 0 Å². The van der Waals surface area contributed by atoms with Gasteiger partial charge >= 0.3 is 5.76 Å². The number of carbonyl (C=O) groups is 1. The summed E-state index contributed by atoms with van der Waals surface area (Å²) in [5.41, 5.74) is 0. The van der Waals surface area contributed by atoms with Gasteiger partial charge in [0.2, 0.25) is 11.8 Å². The zero-order valence-corrected chi connectivity index (χ0v) is 7.61. The molecule has 1 atom stereocenters. The summed E-state index contributed by atoms with van der Waals surface area (Å²) < 4.78 is 4.57. The maximum atomic E-state index is 10.5. The molecule has 0 aliphatic heterocycles. The van der Waals surface area contributed by atoms with Crippen LogP contribution in [-0.2, 0) is 11.2 Å². The first kappa shape index (κ1) is 10.5. The van der Waals surface area contributed by atoms with Gasteiger partial charge < -0.3 is 14.8 Å². The summed E-state index contributed by atoms with van der Waals surface area (Å²) in [5, 5.41) is 17.3. The number of aromatic amines is 1. The summed E-state index contributed by atoms with van der Waals surface area (Å²) in [6, 6.07) is 0. The summed E-state index contributed by atoms with van der Waals surface area (Å²) in [6.45, 7) is 1.45. The SMILES string of the molecule is CC(=O)NCC(O)Cc1n[nH]c(=O)o1. The summed E-state index contributed by atoms with van der Waals surface area (Å²) in [6.07, 6.45) is -0.732. The first-order valence-corrected chi connectivity index (χ1v) is 4.05. The second-order valence-corrected chi connectivity index (χ2v) is 2.80. The van der Waals surface area contributed by atoms with E-state index in [4.69, 9.17) is 0 Å². The topological polar surface area (TPSA) is 108 Å². The lowest BCUT2D eigenvalue weighted by Gasteiger charge is -2.07. The van der Waals surface area contributed by atoms with Gasteiger partial charge in [0.05, 0.1) is 12.5 Å². The maximum Gasteiger partial charge on any atom is 0.434 e. The Morgan fingerprint density at radius 2 is 2.50 bits per heavy atom. The second kappa shape index (κ2) is 4.56. The third-order valence-corrected chi connectivity index (χ3v) is 1.48. The number of aliphatic hydroxyl groups is 1. The predicted molar refractivity (Wildman–Crippen MR) is 45.5 cm³/mol. The van der Waals surface area contributed by atoms with Crippen LogP contribution < -0.4 is 11.1 Å². The molecule has 0 aliphatic rings.